The molecule has 0 bridgehead atoms. The molecular weight excluding hydrogens is 420 g/mol. The Balaban J connectivity index is 1.40. The third kappa shape index (κ3) is 3.36. The molecule has 32 heavy (non-hydrogen) atoms. The van der Waals surface area contributed by atoms with Gasteiger partial charge in [-0.1, -0.05) is 6.07 Å². The summed E-state index contributed by atoms with van der Waals surface area (Å²) < 4.78 is 41.2. The lowest BCUT2D eigenvalue weighted by molar-refractivity contribution is 0.0815. The summed E-state index contributed by atoms with van der Waals surface area (Å²) in [6.07, 6.45) is 0.814. The van der Waals surface area contributed by atoms with Crippen molar-refractivity contribution >= 4 is 11.8 Å². The summed E-state index contributed by atoms with van der Waals surface area (Å²) in [5.74, 6) is 0.759. The molecule has 1 fully saturated rings. The lowest BCUT2D eigenvalue weighted by atomic mass is 9.74. The number of ketones is 1. The van der Waals surface area contributed by atoms with Crippen molar-refractivity contribution in [3.63, 3.8) is 0 Å². The molecular formula is C23H23F2N3O4. The highest BCUT2D eigenvalue weighted by molar-refractivity contribution is 5.97. The largest absolute Gasteiger partial charge is 0.493 e. The van der Waals surface area contributed by atoms with Gasteiger partial charge in [-0.2, -0.15) is 0 Å². The van der Waals surface area contributed by atoms with Crippen LogP contribution < -0.4 is 15.2 Å². The van der Waals surface area contributed by atoms with Gasteiger partial charge in [0.2, 0.25) is 0 Å². The van der Waals surface area contributed by atoms with Crippen LogP contribution in [0.3, 0.4) is 0 Å². The number of hydrogen-bond donors (Lipinski definition) is 1. The van der Waals surface area contributed by atoms with Crippen LogP contribution in [0.4, 0.5) is 8.78 Å². The number of alkyl halides is 2. The summed E-state index contributed by atoms with van der Waals surface area (Å²) in [6.45, 7) is 1.93. The molecule has 1 unspecified atom stereocenters. The minimum absolute atomic E-state index is 0.115. The molecule has 3 heterocycles. The molecule has 0 amide bonds. The van der Waals surface area contributed by atoms with Crippen molar-refractivity contribution in [1.29, 1.82) is 0 Å². The third-order valence-corrected chi connectivity index (χ3v) is 6.51. The molecule has 2 aromatic rings. The quantitative estimate of drug-likeness (QED) is 0.689. The van der Waals surface area contributed by atoms with Crippen LogP contribution >= 0.6 is 0 Å². The standard InChI is InChI=1S/C23H23F2N3O4/c1-13-6-15(30-10-19(24)25)9-27-20(13)17(29)8-14-2-3-18-16(7-14)23(12-32-21(26)28-23)22(4-5-22)11-31-18/h2-3,6-7,9,19H,4-5,8,10-12H2,1H3,(H2,26,28). The van der Waals surface area contributed by atoms with E-state index in [9.17, 15) is 13.6 Å². The van der Waals surface area contributed by atoms with Crippen LogP contribution in [0, 0.1) is 12.3 Å². The molecule has 1 aromatic carbocycles. The van der Waals surface area contributed by atoms with Crippen molar-refractivity contribution in [2.45, 2.75) is 38.2 Å². The van der Waals surface area contributed by atoms with Crippen LogP contribution in [-0.4, -0.2) is 43.0 Å². The van der Waals surface area contributed by atoms with E-state index in [1.54, 1.807) is 13.0 Å². The number of fused-ring (bicyclic) bond motifs is 3. The first-order chi connectivity index (χ1) is 15.3. The number of aryl methyl sites for hydroxylation is 1. The van der Waals surface area contributed by atoms with E-state index in [-0.39, 0.29) is 35.1 Å². The molecule has 1 aromatic heterocycles. The van der Waals surface area contributed by atoms with Crippen molar-refractivity contribution in [2.75, 3.05) is 19.8 Å². The number of carbonyl (C=O) groups excluding carboxylic acids is 1. The number of hydrogen-bond acceptors (Lipinski definition) is 7. The normalized spacial score (nSPS) is 22.3. The van der Waals surface area contributed by atoms with E-state index in [4.69, 9.17) is 24.9 Å². The molecule has 1 saturated carbocycles. The first-order valence-electron chi connectivity index (χ1n) is 10.5. The lowest BCUT2D eigenvalue weighted by Gasteiger charge is -2.39. The second-order valence-electron chi connectivity index (χ2n) is 8.64. The van der Waals surface area contributed by atoms with E-state index >= 15 is 0 Å². The SMILES string of the molecule is Cc1cc(OCC(F)F)cnc1C(=O)Cc1ccc2c(c1)C1(COC(N)=N1)C1(CC1)CO2. The van der Waals surface area contributed by atoms with Gasteiger partial charge in [0.15, 0.2) is 5.78 Å². The van der Waals surface area contributed by atoms with Crippen LogP contribution in [0.2, 0.25) is 0 Å². The minimum atomic E-state index is -2.58. The van der Waals surface area contributed by atoms with E-state index in [0.29, 0.717) is 18.8 Å². The first-order valence-corrected chi connectivity index (χ1v) is 10.5. The summed E-state index contributed by atoms with van der Waals surface area (Å²) in [6, 6.07) is 7.39. The fourth-order valence-electron chi connectivity index (χ4n) is 4.65. The van der Waals surface area contributed by atoms with Crippen LogP contribution in [-0.2, 0) is 16.7 Å². The lowest BCUT2D eigenvalue weighted by Crippen LogP contribution is -2.44. The molecule has 2 spiro atoms. The van der Waals surface area contributed by atoms with Crippen LogP contribution in [0.25, 0.3) is 0 Å². The number of amidine groups is 1. The Morgan fingerprint density at radius 2 is 2.06 bits per heavy atom. The summed E-state index contributed by atoms with van der Waals surface area (Å²) >= 11 is 0. The number of aromatic nitrogens is 1. The van der Waals surface area contributed by atoms with E-state index < -0.39 is 18.6 Å². The maximum Gasteiger partial charge on any atom is 0.283 e. The molecule has 7 nitrogen and oxygen atoms in total. The minimum Gasteiger partial charge on any atom is -0.493 e. The van der Waals surface area contributed by atoms with Crippen LogP contribution in [0.15, 0.2) is 35.5 Å². The summed E-state index contributed by atoms with van der Waals surface area (Å²) in [5.41, 5.74) is 7.73. The molecule has 168 valence electrons. The van der Waals surface area contributed by atoms with Crippen molar-refractivity contribution in [1.82, 2.24) is 4.98 Å². The Morgan fingerprint density at radius 1 is 1.25 bits per heavy atom. The smallest absolute Gasteiger partial charge is 0.283 e. The van der Waals surface area contributed by atoms with Crippen molar-refractivity contribution < 1.29 is 27.8 Å². The van der Waals surface area contributed by atoms with Gasteiger partial charge >= 0.3 is 0 Å². The molecule has 2 N–H and O–H groups in total. The van der Waals surface area contributed by atoms with Crippen molar-refractivity contribution in [3.05, 3.63) is 52.8 Å². The Kier molecular flexibility index (Phi) is 4.79. The average molecular weight is 443 g/mol. The highest BCUT2D eigenvalue weighted by Gasteiger charge is 2.66. The van der Waals surface area contributed by atoms with Gasteiger partial charge in [0.25, 0.3) is 12.4 Å². The van der Waals surface area contributed by atoms with Crippen LogP contribution in [0.1, 0.15) is 40.0 Å². The van der Waals surface area contributed by atoms with E-state index in [1.807, 2.05) is 18.2 Å². The number of nitrogens with zero attached hydrogens (tertiary/aromatic N) is 2. The molecule has 1 aliphatic carbocycles. The van der Waals surface area contributed by atoms with E-state index in [1.165, 1.54) is 6.20 Å². The van der Waals surface area contributed by atoms with E-state index in [0.717, 1.165) is 29.7 Å². The van der Waals surface area contributed by atoms with E-state index in [2.05, 4.69) is 4.98 Å². The first kappa shape index (κ1) is 20.7. The monoisotopic (exact) mass is 443 g/mol. The topological polar surface area (TPSA) is 96.0 Å². The number of benzene rings is 1. The zero-order chi connectivity index (χ0) is 22.5. The van der Waals surface area contributed by atoms with Gasteiger partial charge in [-0.05, 0) is 49.1 Å². The Hall–Kier alpha value is -3.23. The number of Topliss-reactive ketones (excluding diaryl/α,β-unsaturated/α-hetero) is 1. The number of aliphatic imine (C=N–C) groups is 1. The predicted molar refractivity (Wildman–Crippen MR) is 111 cm³/mol. The Bertz CT molecular complexity index is 1120. The van der Waals surface area contributed by atoms with Crippen molar-refractivity contribution in [2.24, 2.45) is 16.1 Å². The number of ether oxygens (including phenoxy) is 3. The number of carbonyl (C=O) groups is 1. The van der Waals surface area contributed by atoms with Gasteiger partial charge in [0.05, 0.1) is 12.8 Å². The van der Waals surface area contributed by atoms with Gasteiger partial charge < -0.3 is 19.9 Å². The number of halogens is 2. The third-order valence-electron chi connectivity index (χ3n) is 6.51. The van der Waals surface area contributed by atoms with Crippen LogP contribution in [0.5, 0.6) is 11.5 Å². The summed E-state index contributed by atoms with van der Waals surface area (Å²) in [7, 11) is 0. The van der Waals surface area contributed by atoms with Gasteiger partial charge in [-0.3, -0.25) is 4.79 Å². The molecule has 1 atom stereocenters. The molecule has 0 radical (unpaired) electrons. The maximum absolute atomic E-state index is 13.0. The number of pyridine rings is 1. The zero-order valence-corrected chi connectivity index (χ0v) is 17.6. The molecule has 5 rings (SSSR count). The van der Waals surface area contributed by atoms with Crippen molar-refractivity contribution in [3.8, 4) is 11.5 Å². The average Bonchev–Trinajstić information content (AvgIpc) is 3.45. The second-order valence-corrected chi connectivity index (χ2v) is 8.64. The van der Waals surface area contributed by atoms with Gasteiger partial charge in [-0.15, -0.1) is 0 Å². The molecule has 9 heteroatoms. The summed E-state index contributed by atoms with van der Waals surface area (Å²) in [4.78, 5) is 21.8. The maximum atomic E-state index is 13.0. The summed E-state index contributed by atoms with van der Waals surface area (Å²) in [5, 5.41) is 0. The highest BCUT2D eigenvalue weighted by atomic mass is 19.3. The fourth-order valence-corrected chi connectivity index (χ4v) is 4.65. The van der Waals surface area contributed by atoms with Gasteiger partial charge in [-0.25, -0.2) is 18.8 Å². The second kappa shape index (κ2) is 7.43. The molecule has 3 aliphatic rings. The zero-order valence-electron chi connectivity index (χ0n) is 17.6. The van der Waals surface area contributed by atoms with Gasteiger partial charge in [0, 0.05) is 17.4 Å². The Labute approximate surface area is 183 Å². The molecule has 0 saturated heterocycles. The Morgan fingerprint density at radius 3 is 2.72 bits per heavy atom. The highest BCUT2D eigenvalue weighted by Crippen LogP contribution is 2.65. The number of nitrogens with two attached hydrogens (primary N) is 1. The predicted octanol–water partition coefficient (Wildman–Crippen LogP) is 3.17. The fraction of sp³-hybridized carbons (Fsp3) is 0.435. The molecule has 2 aliphatic heterocycles. The number of rotatable bonds is 6. The van der Waals surface area contributed by atoms with Gasteiger partial charge in [0.1, 0.15) is 35.9 Å².